The number of nitrogens with zero attached hydrogens (tertiary/aromatic N) is 9. The molecule has 0 spiro atoms. The number of para-hydroxylation sites is 3. The number of hydrogen-bond acceptors (Lipinski definition) is 23. The number of nitrogens with one attached hydrogen (secondary N) is 3. The van der Waals surface area contributed by atoms with Gasteiger partial charge in [0.1, 0.15) is 97.0 Å². The van der Waals surface area contributed by atoms with Crippen molar-refractivity contribution < 1.29 is 66.6 Å². The van der Waals surface area contributed by atoms with Gasteiger partial charge in [0, 0.05) is 112 Å². The number of aryl methyl sites for hydroxylation is 3. The first-order valence-electron chi connectivity index (χ1n) is 36.9. The van der Waals surface area contributed by atoms with Crippen molar-refractivity contribution in [2.24, 2.45) is 0 Å². The zero-order valence-electron chi connectivity index (χ0n) is 67.9. The zero-order chi connectivity index (χ0) is 91.0. The predicted octanol–water partition coefficient (Wildman–Crippen LogP) is 26.5. The number of carbonyl (C=O) groups is 1. The molecular weight excluding hydrogens is 1830 g/mol. The van der Waals surface area contributed by atoms with E-state index in [4.69, 9.17) is 148 Å². The molecular formula is C90H74Cl9F4N13O11. The molecule has 24 nitrogen and oxygen atoms in total. The lowest BCUT2D eigenvalue weighted by atomic mass is 10.0. The number of ketones is 1. The molecule has 5 N–H and O–H groups in total. The molecule has 0 fully saturated rings. The number of hydrogen-bond donors (Lipinski definition) is 4. The Labute approximate surface area is 770 Å². The van der Waals surface area contributed by atoms with Gasteiger partial charge in [0.25, 0.3) is 5.69 Å². The second-order valence-corrected chi connectivity index (χ2v) is 30.4. The molecule has 15 rings (SSSR count). The second-order valence-electron chi connectivity index (χ2n) is 27.0. The molecule has 656 valence electrons. The number of nitrogen functional groups attached to an aromatic ring is 1. The Kier molecular flexibility index (Phi) is 31.0. The van der Waals surface area contributed by atoms with E-state index in [0.717, 1.165) is 16.7 Å². The number of fused-ring (bicyclic) bond motifs is 4. The summed E-state index contributed by atoms with van der Waals surface area (Å²) in [4.78, 5) is 56.4. The van der Waals surface area contributed by atoms with Crippen LogP contribution in [0.5, 0.6) is 46.0 Å². The van der Waals surface area contributed by atoms with Crippen LogP contribution in [0.15, 0.2) is 165 Å². The van der Waals surface area contributed by atoms with Gasteiger partial charge in [-0.05, 0) is 138 Å². The highest BCUT2D eigenvalue weighted by molar-refractivity contribution is 6.43. The molecule has 0 bridgehead atoms. The Balaban J connectivity index is 0.000000178. The average Bonchev–Trinajstić information content (AvgIpc) is 0.774. The molecule has 0 aliphatic carbocycles. The number of nitrogens with two attached hydrogens (primary N) is 1. The molecule has 0 saturated heterocycles. The molecule has 11 aromatic carbocycles. The summed E-state index contributed by atoms with van der Waals surface area (Å²) in [6.07, 6.45) is 7.30. The third-order valence-corrected chi connectivity index (χ3v) is 22.6. The van der Waals surface area contributed by atoms with Crippen LogP contribution in [0.2, 0.25) is 45.5 Å². The lowest BCUT2D eigenvalue weighted by molar-refractivity contribution is -0.384. The topological polar surface area (TPSA) is 299 Å². The summed E-state index contributed by atoms with van der Waals surface area (Å²) in [5, 5.41) is 23.9. The van der Waals surface area contributed by atoms with Crippen LogP contribution in [-0.4, -0.2) is 107 Å². The van der Waals surface area contributed by atoms with Crippen LogP contribution in [-0.2, 0) is 11.2 Å². The van der Waals surface area contributed by atoms with Gasteiger partial charge < -0.3 is 59.6 Å². The number of halogens is 13. The number of rotatable bonds is 22. The number of ether oxygens (including phenoxy) is 8. The molecule has 4 heterocycles. The fraction of sp³-hybridized carbons (Fsp3) is 0.144. The summed E-state index contributed by atoms with van der Waals surface area (Å²) < 4.78 is 102. The number of aromatic nitrogens is 8. The Morgan fingerprint density at radius 3 is 1.00 bits per heavy atom. The maximum atomic E-state index is 15.3. The van der Waals surface area contributed by atoms with Crippen LogP contribution >= 0.6 is 104 Å². The van der Waals surface area contributed by atoms with Crippen LogP contribution < -0.4 is 59.6 Å². The largest absolute Gasteiger partial charge is 0.495 e. The molecule has 0 unspecified atom stereocenters. The van der Waals surface area contributed by atoms with Crippen molar-refractivity contribution >= 4 is 200 Å². The molecule has 4 aromatic heterocycles. The minimum Gasteiger partial charge on any atom is -0.495 e. The van der Waals surface area contributed by atoms with Gasteiger partial charge in [-0.2, -0.15) is 0 Å². The van der Waals surface area contributed by atoms with Gasteiger partial charge in [0.2, 0.25) is 23.1 Å². The highest BCUT2D eigenvalue weighted by atomic mass is 35.5. The third kappa shape index (κ3) is 20.3. The van der Waals surface area contributed by atoms with E-state index in [1.54, 1.807) is 67.6 Å². The standard InChI is InChI=1S/C27H22Cl2FN3O3.C23H17Cl2FN4O4.C23H19Cl2FN4O2.C16H10Cl3FN2O2.CH4.H2/c1-5-18(34)10-15-8-6-7-14(2)25(15)32-27-31-13-17-9-16(11-19(30)26(17)33-27)22-23(28)20(35-3)12-21(36-4)24(22)29;1-11-5-4-6-15(30(31)32)21(11)28-23-27-10-13-7-12(8-14(26)22(13)29-23)18-19(24)16(33-2)9-17(34-3)20(18)25;1-11-5-4-6-15(27)21(11)29-23-28-10-13-7-12(8-14(26)22(13)30-23)18-19(24)16(31-2)9-17(32-3)20(18)25;1-23-10-5-11(24-2)14(18)12(13(10)17)7-3-8-6-21-16(19)22-15(8)9(20)4-7;;/h5-9,11-13H,1,10H2,2-4H3,(H,31,32,33);4-10H,1-3H3,(H,27,28,29);4-10H,27H2,1-3H3,(H,28,29,30);3-6H,1-2H3;1H4;1H. The van der Waals surface area contributed by atoms with Gasteiger partial charge in [-0.25, -0.2) is 57.4 Å². The van der Waals surface area contributed by atoms with Gasteiger partial charge >= 0.3 is 0 Å². The van der Waals surface area contributed by atoms with E-state index in [9.17, 15) is 19.3 Å². The molecule has 0 atom stereocenters. The zero-order valence-corrected chi connectivity index (χ0v) is 74.7. The van der Waals surface area contributed by atoms with E-state index in [1.807, 2.05) is 44.2 Å². The molecule has 0 aliphatic rings. The number of allylic oxidation sites excluding steroid dienone is 1. The summed E-state index contributed by atoms with van der Waals surface area (Å²) in [6, 6.07) is 33.8. The third-order valence-electron chi connectivity index (χ3n) is 19.4. The Bertz CT molecular complexity index is 6730. The Hall–Kier alpha value is -12.5. The Morgan fingerprint density at radius 2 is 0.693 bits per heavy atom. The van der Waals surface area contributed by atoms with E-state index in [0.29, 0.717) is 135 Å². The SMILES string of the molecule is C.C=CC(=O)Cc1cccc(C)c1Nc1ncc2cc(-c3c(Cl)c(OC)cc(OC)c3Cl)cc(F)c2n1.COc1cc(OC)c(Cl)c(-c2cc(F)c3nc(Cl)ncc3c2)c1Cl.COc1cc(OC)c(Cl)c(-c2cc(F)c3nc(Nc4c(C)cccc4N)ncc3c2)c1Cl.COc1cc(OC)c(Cl)c(-c2cc(F)c3nc(Nc4c(C)cccc4[N+](=O)[O-])ncc3c2)c1Cl.[HH]. The number of anilines is 7. The predicted molar refractivity (Wildman–Crippen MR) is 499 cm³/mol. The fourth-order valence-corrected chi connectivity index (χ4v) is 16.2. The van der Waals surface area contributed by atoms with Crippen LogP contribution in [0.25, 0.3) is 88.1 Å². The molecule has 127 heavy (non-hydrogen) atoms. The number of methoxy groups -OCH3 is 8. The lowest BCUT2D eigenvalue weighted by Crippen LogP contribution is -2.06. The number of nitro benzene ring substituents is 1. The van der Waals surface area contributed by atoms with E-state index in [1.165, 1.54) is 124 Å². The van der Waals surface area contributed by atoms with Crippen molar-refractivity contribution in [3.63, 3.8) is 0 Å². The molecule has 15 aromatic rings. The van der Waals surface area contributed by atoms with E-state index in [-0.39, 0.29) is 118 Å². The second kappa shape index (κ2) is 41.3. The maximum absolute atomic E-state index is 15.3. The van der Waals surface area contributed by atoms with Crippen LogP contribution in [0.3, 0.4) is 0 Å². The van der Waals surface area contributed by atoms with E-state index < -0.39 is 28.2 Å². The summed E-state index contributed by atoms with van der Waals surface area (Å²) in [5.41, 5.74) is 14.7. The minimum atomic E-state index is -0.661. The van der Waals surface area contributed by atoms with E-state index in [2.05, 4.69) is 62.4 Å². The summed E-state index contributed by atoms with van der Waals surface area (Å²) >= 11 is 57.4. The Morgan fingerprint density at radius 1 is 0.417 bits per heavy atom. The molecule has 0 aliphatic heterocycles. The van der Waals surface area contributed by atoms with Crippen molar-refractivity contribution in [2.45, 2.75) is 34.6 Å². The van der Waals surface area contributed by atoms with Crippen LogP contribution in [0.4, 0.5) is 63.8 Å². The highest BCUT2D eigenvalue weighted by Gasteiger charge is 2.28. The van der Waals surface area contributed by atoms with E-state index >= 15 is 13.2 Å². The first-order chi connectivity index (χ1) is 60.3. The fourth-order valence-electron chi connectivity index (χ4n) is 13.2. The summed E-state index contributed by atoms with van der Waals surface area (Å²) in [6.45, 7) is 9.04. The first-order valence-corrected chi connectivity index (χ1v) is 40.3. The normalized spacial score (nSPS) is 10.8. The quantitative estimate of drug-likeness (QED) is 0.0122. The number of benzene rings is 11. The van der Waals surface area contributed by atoms with Crippen molar-refractivity contribution in [1.82, 2.24) is 39.9 Å². The lowest BCUT2D eigenvalue weighted by Gasteiger charge is -2.16. The first kappa shape index (κ1) is 95.2. The molecule has 0 amide bonds. The van der Waals surface area contributed by atoms with Crippen LogP contribution in [0.1, 0.15) is 31.1 Å². The van der Waals surface area contributed by atoms with Crippen LogP contribution in [0, 0.1) is 54.2 Å². The minimum absolute atomic E-state index is 0. The van der Waals surface area contributed by atoms with Crippen molar-refractivity contribution in [1.29, 1.82) is 0 Å². The van der Waals surface area contributed by atoms with Crippen molar-refractivity contribution in [3.05, 3.63) is 266 Å². The summed E-state index contributed by atoms with van der Waals surface area (Å²) in [7, 11) is 11.7. The monoisotopic (exact) mass is 1900 g/mol. The highest BCUT2D eigenvalue weighted by Crippen LogP contribution is 2.52. The molecule has 37 heteroatoms. The number of carbonyl (C=O) groups excluding carboxylic acids is 1. The van der Waals surface area contributed by atoms with Gasteiger partial charge in [-0.1, -0.05) is 149 Å². The van der Waals surface area contributed by atoms with Gasteiger partial charge in [-0.3, -0.25) is 14.9 Å². The average molecular weight is 1910 g/mol. The molecule has 0 radical (unpaired) electrons. The molecule has 0 saturated carbocycles. The smallest absolute Gasteiger partial charge is 0.293 e. The number of nitro groups is 1. The summed E-state index contributed by atoms with van der Waals surface area (Å²) in [5.74, 6) is 0.675. The van der Waals surface area contributed by atoms with Crippen molar-refractivity contribution in [3.8, 4) is 90.5 Å². The van der Waals surface area contributed by atoms with Gasteiger partial charge in [0.15, 0.2) is 5.78 Å². The van der Waals surface area contributed by atoms with Gasteiger partial charge in [0.05, 0.1) is 113 Å². The maximum Gasteiger partial charge on any atom is 0.293 e. The van der Waals surface area contributed by atoms with Gasteiger partial charge in [-0.15, -0.1) is 0 Å². The van der Waals surface area contributed by atoms with Crippen molar-refractivity contribution in [2.75, 3.05) is 78.6 Å².